The Balaban J connectivity index is 1.44. The lowest BCUT2D eigenvalue weighted by Crippen LogP contribution is -2.35. The van der Waals surface area contributed by atoms with E-state index >= 15 is 0 Å². The van der Waals surface area contributed by atoms with Crippen LogP contribution in [0.1, 0.15) is 55.1 Å². The molecule has 11 nitrogen and oxygen atoms in total. The number of pyridine rings is 2. The van der Waals surface area contributed by atoms with E-state index in [0.29, 0.717) is 47.9 Å². The Morgan fingerprint density at radius 3 is 2.73 bits per heavy atom. The van der Waals surface area contributed by atoms with Gasteiger partial charge in [-0.25, -0.2) is 14.8 Å². The molecule has 2 aliphatic rings. The van der Waals surface area contributed by atoms with E-state index in [1.807, 2.05) is 23.1 Å². The molecule has 41 heavy (non-hydrogen) atoms. The van der Waals surface area contributed by atoms with Gasteiger partial charge in [0.15, 0.2) is 0 Å². The molecule has 0 spiro atoms. The lowest BCUT2D eigenvalue weighted by Gasteiger charge is -2.23. The van der Waals surface area contributed by atoms with Gasteiger partial charge >= 0.3 is 6.09 Å². The molecular weight excluding hydrogens is 524 g/mol. The van der Waals surface area contributed by atoms with E-state index in [-0.39, 0.29) is 24.2 Å². The second-order valence-electron chi connectivity index (χ2n) is 10.5. The number of anilines is 2. The van der Waals surface area contributed by atoms with Crippen molar-refractivity contribution < 1.29 is 23.5 Å². The summed E-state index contributed by atoms with van der Waals surface area (Å²) < 4.78 is 19.3. The molecule has 0 bridgehead atoms. The average Bonchev–Trinajstić information content (AvgIpc) is 3.34. The average molecular weight is 559 g/mol. The number of fused-ring (bicyclic) bond motifs is 1. The SMILES string of the molecule is CCOC(=O)N(CCC1CCCO1)c1c(C(=O)c2ccc(NC)nc2)oc2ncc(-c3cnn(CC4CC4)c3)cc12. The van der Waals surface area contributed by atoms with Crippen LogP contribution in [0.15, 0.2) is 47.4 Å². The van der Waals surface area contributed by atoms with Crippen molar-refractivity contribution >= 4 is 34.5 Å². The molecule has 1 saturated heterocycles. The third kappa shape index (κ3) is 5.81. The molecule has 1 aliphatic heterocycles. The van der Waals surface area contributed by atoms with E-state index < -0.39 is 11.9 Å². The van der Waals surface area contributed by atoms with Gasteiger partial charge in [-0.15, -0.1) is 0 Å². The van der Waals surface area contributed by atoms with Gasteiger partial charge < -0.3 is 19.2 Å². The largest absolute Gasteiger partial charge is 0.449 e. The van der Waals surface area contributed by atoms with Crippen molar-refractivity contribution in [3.05, 3.63) is 54.3 Å². The molecule has 1 aliphatic carbocycles. The van der Waals surface area contributed by atoms with Gasteiger partial charge in [-0.1, -0.05) is 0 Å². The summed E-state index contributed by atoms with van der Waals surface area (Å²) in [5.41, 5.74) is 2.62. The number of carbonyl (C=O) groups is 2. The quantitative estimate of drug-likeness (QED) is 0.244. The number of furan rings is 1. The molecule has 1 atom stereocenters. The summed E-state index contributed by atoms with van der Waals surface area (Å²) in [4.78, 5) is 37.6. The predicted molar refractivity (Wildman–Crippen MR) is 153 cm³/mol. The van der Waals surface area contributed by atoms with Gasteiger partial charge in [0.05, 0.1) is 24.3 Å². The van der Waals surface area contributed by atoms with E-state index in [1.54, 1.807) is 32.3 Å². The van der Waals surface area contributed by atoms with Crippen LogP contribution in [0.2, 0.25) is 0 Å². The van der Waals surface area contributed by atoms with Gasteiger partial charge in [-0.3, -0.25) is 14.4 Å². The fraction of sp³-hybridized carbons (Fsp3) is 0.433. The first-order valence-corrected chi connectivity index (χ1v) is 14.2. The maximum atomic E-state index is 13.8. The zero-order chi connectivity index (χ0) is 28.3. The lowest BCUT2D eigenvalue weighted by atomic mass is 10.1. The monoisotopic (exact) mass is 558 g/mol. The highest BCUT2D eigenvalue weighted by Gasteiger charge is 2.32. The molecule has 0 radical (unpaired) electrons. The molecule has 4 aromatic rings. The summed E-state index contributed by atoms with van der Waals surface area (Å²) >= 11 is 0. The molecule has 11 heteroatoms. The van der Waals surface area contributed by atoms with Gasteiger partial charge in [-0.2, -0.15) is 5.10 Å². The van der Waals surface area contributed by atoms with Gasteiger partial charge in [0.1, 0.15) is 11.5 Å². The van der Waals surface area contributed by atoms with E-state index in [2.05, 4.69) is 20.4 Å². The zero-order valence-electron chi connectivity index (χ0n) is 23.3. The van der Waals surface area contributed by atoms with Crippen molar-refractivity contribution in [1.29, 1.82) is 0 Å². The van der Waals surface area contributed by atoms with E-state index in [4.69, 9.17) is 13.9 Å². The standard InChI is InChI=1S/C30H34N6O5/c1-3-39-30(38)36(11-10-23-5-4-12-40-23)26-24-13-21(22-16-34-35(18-22)17-19-6-7-19)15-33-29(24)41-28(26)27(37)20-8-9-25(31-2)32-14-20/h8-9,13-16,18-19,23H,3-7,10-12,17H2,1-2H3,(H,31,32). The van der Waals surface area contributed by atoms with Crippen LogP contribution in [0.3, 0.4) is 0 Å². The number of ketones is 1. The van der Waals surface area contributed by atoms with Crippen molar-refractivity contribution in [2.24, 2.45) is 5.92 Å². The third-order valence-electron chi connectivity index (χ3n) is 7.57. The molecule has 5 heterocycles. The summed E-state index contributed by atoms with van der Waals surface area (Å²) in [7, 11) is 1.76. The number of amides is 1. The lowest BCUT2D eigenvalue weighted by molar-refractivity contribution is 0.101. The van der Waals surface area contributed by atoms with Gasteiger partial charge in [-0.05, 0) is 63.1 Å². The normalized spacial score (nSPS) is 16.7. The minimum Gasteiger partial charge on any atom is -0.449 e. The number of nitrogens with one attached hydrogen (secondary N) is 1. The van der Waals surface area contributed by atoms with Crippen LogP contribution in [0.4, 0.5) is 16.3 Å². The van der Waals surface area contributed by atoms with Crippen LogP contribution in [0.5, 0.6) is 0 Å². The third-order valence-corrected chi connectivity index (χ3v) is 7.57. The Hall–Kier alpha value is -4.25. The Morgan fingerprint density at radius 2 is 2.02 bits per heavy atom. The van der Waals surface area contributed by atoms with Crippen LogP contribution in [-0.2, 0) is 16.0 Å². The van der Waals surface area contributed by atoms with Crippen molar-refractivity contribution in [3.63, 3.8) is 0 Å². The number of nitrogens with zero attached hydrogens (tertiary/aromatic N) is 5. The fourth-order valence-electron chi connectivity index (χ4n) is 5.18. The van der Waals surface area contributed by atoms with Crippen molar-refractivity contribution in [2.45, 2.75) is 51.7 Å². The second kappa shape index (κ2) is 11.7. The smallest absolute Gasteiger partial charge is 0.414 e. The van der Waals surface area contributed by atoms with Crippen LogP contribution in [0.25, 0.3) is 22.2 Å². The Bertz CT molecular complexity index is 1530. The predicted octanol–water partition coefficient (Wildman–Crippen LogP) is 5.30. The summed E-state index contributed by atoms with van der Waals surface area (Å²) in [6, 6.07) is 5.29. The Kier molecular flexibility index (Phi) is 7.69. The summed E-state index contributed by atoms with van der Waals surface area (Å²) in [5.74, 6) is 0.924. The second-order valence-corrected chi connectivity index (χ2v) is 10.5. The van der Waals surface area contributed by atoms with Crippen molar-refractivity contribution in [2.75, 3.05) is 37.0 Å². The summed E-state index contributed by atoms with van der Waals surface area (Å²) in [5, 5.41) is 8.02. The molecular formula is C30H34N6O5. The first-order chi connectivity index (χ1) is 20.0. The Morgan fingerprint density at radius 1 is 1.15 bits per heavy atom. The molecule has 0 aromatic carbocycles. The van der Waals surface area contributed by atoms with Gasteiger partial charge in [0.25, 0.3) is 0 Å². The molecule has 1 unspecified atom stereocenters. The molecule has 214 valence electrons. The van der Waals surface area contributed by atoms with Crippen molar-refractivity contribution in [1.82, 2.24) is 19.7 Å². The van der Waals surface area contributed by atoms with E-state index in [9.17, 15) is 9.59 Å². The fourth-order valence-corrected chi connectivity index (χ4v) is 5.18. The highest BCUT2D eigenvalue weighted by molar-refractivity contribution is 6.17. The van der Waals surface area contributed by atoms with Crippen LogP contribution < -0.4 is 10.2 Å². The molecule has 1 N–H and O–H groups in total. The topological polar surface area (TPSA) is 125 Å². The highest BCUT2D eigenvalue weighted by atomic mass is 16.6. The van der Waals surface area contributed by atoms with E-state index in [1.165, 1.54) is 23.9 Å². The number of hydrogen-bond donors (Lipinski definition) is 1. The number of aromatic nitrogens is 4. The Labute approximate surface area is 237 Å². The molecule has 1 amide bonds. The van der Waals surface area contributed by atoms with Crippen LogP contribution in [-0.4, -0.2) is 64.5 Å². The summed E-state index contributed by atoms with van der Waals surface area (Å²) in [6.07, 6.45) is 11.5. The zero-order valence-corrected chi connectivity index (χ0v) is 23.3. The van der Waals surface area contributed by atoms with Crippen molar-refractivity contribution in [3.8, 4) is 11.1 Å². The van der Waals surface area contributed by atoms with Crippen LogP contribution in [0, 0.1) is 5.92 Å². The summed E-state index contributed by atoms with van der Waals surface area (Å²) in [6.45, 7) is 3.83. The maximum Gasteiger partial charge on any atom is 0.414 e. The minimum absolute atomic E-state index is 0.00785. The first kappa shape index (κ1) is 26.9. The minimum atomic E-state index is -0.562. The molecule has 6 rings (SSSR count). The van der Waals surface area contributed by atoms with E-state index in [0.717, 1.165) is 30.5 Å². The maximum absolute atomic E-state index is 13.8. The van der Waals surface area contributed by atoms with Gasteiger partial charge in [0.2, 0.25) is 17.3 Å². The number of hydrogen-bond acceptors (Lipinski definition) is 9. The molecule has 2 fully saturated rings. The first-order valence-electron chi connectivity index (χ1n) is 14.2. The molecule has 4 aromatic heterocycles. The van der Waals surface area contributed by atoms with Gasteiger partial charge in [0, 0.05) is 62.0 Å². The van der Waals surface area contributed by atoms with Crippen LogP contribution >= 0.6 is 0 Å². The highest BCUT2D eigenvalue weighted by Crippen LogP contribution is 2.38. The number of rotatable bonds is 11. The molecule has 1 saturated carbocycles. The number of ether oxygens (including phenoxy) is 2. The number of carbonyl (C=O) groups excluding carboxylic acids is 2.